The van der Waals surface area contributed by atoms with Gasteiger partial charge in [-0.1, -0.05) is 6.07 Å². The number of carbonyl (C=O) groups excluding carboxylic acids is 1. The topological polar surface area (TPSA) is 55.6 Å². The Hall–Kier alpha value is -1.90. The SMILES string of the molecule is NC(=O)[C@@H]1C[C@@H](F)CN1Cc1c(F)cccc1OC(F)(F)F. The Morgan fingerprint density at radius 3 is 2.68 bits per heavy atom. The number of nitrogens with two attached hydrogens (primary N) is 1. The number of primary amides is 1. The Labute approximate surface area is 122 Å². The third kappa shape index (κ3) is 3.85. The van der Waals surface area contributed by atoms with Crippen LogP contribution in [0.4, 0.5) is 22.0 Å². The lowest BCUT2D eigenvalue weighted by molar-refractivity contribution is -0.275. The minimum absolute atomic E-state index is 0.167. The van der Waals surface area contributed by atoms with Gasteiger partial charge in [0.15, 0.2) is 0 Å². The first-order chi connectivity index (χ1) is 10.2. The van der Waals surface area contributed by atoms with E-state index >= 15 is 0 Å². The summed E-state index contributed by atoms with van der Waals surface area (Å²) in [6.07, 6.45) is -6.50. The lowest BCUT2D eigenvalue weighted by atomic mass is 10.1. The van der Waals surface area contributed by atoms with E-state index in [9.17, 15) is 26.7 Å². The number of hydrogen-bond acceptors (Lipinski definition) is 3. The van der Waals surface area contributed by atoms with Gasteiger partial charge >= 0.3 is 6.36 Å². The van der Waals surface area contributed by atoms with Crippen molar-refractivity contribution in [2.45, 2.75) is 31.5 Å². The van der Waals surface area contributed by atoms with Gasteiger partial charge in [0, 0.05) is 25.1 Å². The van der Waals surface area contributed by atoms with Crippen molar-refractivity contribution in [1.82, 2.24) is 4.90 Å². The number of halogens is 5. The van der Waals surface area contributed by atoms with Gasteiger partial charge in [0.1, 0.15) is 17.7 Å². The monoisotopic (exact) mass is 324 g/mol. The van der Waals surface area contributed by atoms with E-state index in [0.717, 1.165) is 18.2 Å². The third-order valence-corrected chi connectivity index (χ3v) is 3.34. The normalized spacial score (nSPS) is 22.8. The lowest BCUT2D eigenvalue weighted by Gasteiger charge is -2.23. The fourth-order valence-electron chi connectivity index (χ4n) is 2.43. The molecule has 0 radical (unpaired) electrons. The Balaban J connectivity index is 2.27. The second kappa shape index (κ2) is 6.07. The zero-order chi connectivity index (χ0) is 16.5. The van der Waals surface area contributed by atoms with Crippen molar-refractivity contribution in [1.29, 1.82) is 0 Å². The summed E-state index contributed by atoms with van der Waals surface area (Å²) in [6, 6.07) is 1.98. The van der Waals surface area contributed by atoms with Crippen molar-refractivity contribution in [3.05, 3.63) is 29.6 Å². The van der Waals surface area contributed by atoms with Crippen molar-refractivity contribution in [3.8, 4) is 5.75 Å². The quantitative estimate of drug-likeness (QED) is 0.863. The highest BCUT2D eigenvalue weighted by Crippen LogP contribution is 2.31. The predicted molar refractivity (Wildman–Crippen MR) is 66.0 cm³/mol. The number of ether oxygens (including phenoxy) is 1. The number of nitrogens with zero attached hydrogens (tertiary/aromatic N) is 1. The smallest absolute Gasteiger partial charge is 0.405 e. The van der Waals surface area contributed by atoms with Crippen molar-refractivity contribution in [2.24, 2.45) is 5.73 Å². The standard InChI is InChI=1S/C13H13F5N2O2/c14-7-4-10(12(19)21)20(5-7)6-8-9(15)2-1-3-11(8)22-13(16,17)18/h1-3,7,10H,4-6H2,(H2,19,21)/t7-,10+/m1/s1. The van der Waals surface area contributed by atoms with Crippen LogP contribution in [0.15, 0.2) is 18.2 Å². The Kier molecular flexibility index (Phi) is 4.55. The molecule has 122 valence electrons. The molecule has 0 bridgehead atoms. The molecule has 4 nitrogen and oxygen atoms in total. The van der Waals surface area contributed by atoms with Crippen LogP contribution in [0.3, 0.4) is 0 Å². The van der Waals surface area contributed by atoms with Crippen molar-refractivity contribution in [2.75, 3.05) is 6.54 Å². The average molecular weight is 324 g/mol. The number of benzene rings is 1. The fourth-order valence-corrected chi connectivity index (χ4v) is 2.43. The molecule has 9 heteroatoms. The number of alkyl halides is 4. The molecule has 1 aliphatic heterocycles. The average Bonchev–Trinajstić information content (AvgIpc) is 2.73. The van der Waals surface area contributed by atoms with Crippen LogP contribution in [0.25, 0.3) is 0 Å². The molecular weight excluding hydrogens is 311 g/mol. The molecule has 0 saturated carbocycles. The zero-order valence-corrected chi connectivity index (χ0v) is 11.2. The molecule has 1 aromatic carbocycles. The van der Waals surface area contributed by atoms with E-state index in [1.54, 1.807) is 0 Å². The van der Waals surface area contributed by atoms with Crippen LogP contribution in [-0.4, -0.2) is 35.9 Å². The van der Waals surface area contributed by atoms with E-state index in [4.69, 9.17) is 5.73 Å². The van der Waals surface area contributed by atoms with Crippen LogP contribution in [0, 0.1) is 5.82 Å². The van der Waals surface area contributed by atoms with Crippen molar-refractivity contribution < 1.29 is 31.5 Å². The first kappa shape index (κ1) is 16.5. The summed E-state index contributed by atoms with van der Waals surface area (Å²) >= 11 is 0. The summed E-state index contributed by atoms with van der Waals surface area (Å²) in [7, 11) is 0. The zero-order valence-electron chi connectivity index (χ0n) is 11.2. The van der Waals surface area contributed by atoms with Gasteiger partial charge in [0.05, 0.1) is 6.04 Å². The molecule has 2 atom stereocenters. The maximum absolute atomic E-state index is 13.8. The number of likely N-dealkylation sites (tertiary alicyclic amines) is 1. The molecule has 1 aromatic rings. The predicted octanol–water partition coefficient (Wildman–Crippen LogP) is 2.12. The molecule has 2 rings (SSSR count). The van der Waals surface area contributed by atoms with Crippen LogP contribution < -0.4 is 10.5 Å². The molecular formula is C13H13F5N2O2. The molecule has 1 amide bonds. The van der Waals surface area contributed by atoms with Gasteiger partial charge < -0.3 is 10.5 Å². The molecule has 0 unspecified atom stereocenters. The van der Waals surface area contributed by atoms with E-state index in [0.29, 0.717) is 0 Å². The summed E-state index contributed by atoms with van der Waals surface area (Å²) in [5, 5.41) is 0. The van der Waals surface area contributed by atoms with Crippen LogP contribution in [0.5, 0.6) is 5.75 Å². The minimum atomic E-state index is -4.99. The number of rotatable bonds is 4. The van der Waals surface area contributed by atoms with Gasteiger partial charge in [-0.15, -0.1) is 13.2 Å². The molecule has 0 aliphatic carbocycles. The summed E-state index contributed by atoms with van der Waals surface area (Å²) in [5.41, 5.74) is 4.73. The highest BCUT2D eigenvalue weighted by atomic mass is 19.4. The molecule has 22 heavy (non-hydrogen) atoms. The number of carbonyl (C=O) groups is 1. The fraction of sp³-hybridized carbons (Fsp3) is 0.462. The second-order valence-corrected chi connectivity index (χ2v) is 4.94. The van der Waals surface area contributed by atoms with Gasteiger partial charge in [-0.3, -0.25) is 9.69 Å². The summed E-state index contributed by atoms with van der Waals surface area (Å²) in [6.45, 7) is -0.625. The van der Waals surface area contributed by atoms with Crippen molar-refractivity contribution in [3.63, 3.8) is 0 Å². The van der Waals surface area contributed by atoms with Gasteiger partial charge in [-0.05, 0) is 12.1 Å². The highest BCUT2D eigenvalue weighted by molar-refractivity contribution is 5.80. The number of amides is 1. The minimum Gasteiger partial charge on any atom is -0.405 e. The maximum atomic E-state index is 13.8. The second-order valence-electron chi connectivity index (χ2n) is 4.94. The first-order valence-corrected chi connectivity index (χ1v) is 6.38. The van der Waals surface area contributed by atoms with E-state index in [-0.39, 0.29) is 13.0 Å². The molecule has 1 aliphatic rings. The highest BCUT2D eigenvalue weighted by Gasteiger charge is 2.38. The summed E-state index contributed by atoms with van der Waals surface area (Å²) < 4.78 is 68.0. The molecule has 2 N–H and O–H groups in total. The van der Waals surface area contributed by atoms with E-state index in [1.807, 2.05) is 0 Å². The van der Waals surface area contributed by atoms with Gasteiger partial charge in [-0.2, -0.15) is 0 Å². The van der Waals surface area contributed by atoms with Crippen LogP contribution in [0.2, 0.25) is 0 Å². The lowest BCUT2D eigenvalue weighted by Crippen LogP contribution is -2.40. The molecule has 0 aromatic heterocycles. The van der Waals surface area contributed by atoms with Crippen LogP contribution in [-0.2, 0) is 11.3 Å². The van der Waals surface area contributed by atoms with Gasteiger partial charge in [0.2, 0.25) is 5.91 Å². The molecule has 1 saturated heterocycles. The first-order valence-electron chi connectivity index (χ1n) is 6.38. The Morgan fingerprint density at radius 1 is 1.41 bits per heavy atom. The molecule has 1 heterocycles. The van der Waals surface area contributed by atoms with Gasteiger partial charge in [-0.25, -0.2) is 8.78 Å². The third-order valence-electron chi connectivity index (χ3n) is 3.34. The summed E-state index contributed by atoms with van der Waals surface area (Å²) in [5.74, 6) is -2.47. The molecule has 0 spiro atoms. The van der Waals surface area contributed by atoms with E-state index in [1.165, 1.54) is 4.90 Å². The van der Waals surface area contributed by atoms with Crippen LogP contribution >= 0.6 is 0 Å². The van der Waals surface area contributed by atoms with E-state index in [2.05, 4.69) is 4.74 Å². The Bertz CT molecular complexity index is 564. The Morgan fingerprint density at radius 2 is 2.09 bits per heavy atom. The molecule has 1 fully saturated rings. The van der Waals surface area contributed by atoms with Crippen LogP contribution in [0.1, 0.15) is 12.0 Å². The van der Waals surface area contributed by atoms with Gasteiger partial charge in [0.25, 0.3) is 0 Å². The summed E-state index contributed by atoms with van der Waals surface area (Å²) in [4.78, 5) is 12.5. The maximum Gasteiger partial charge on any atom is 0.573 e. The van der Waals surface area contributed by atoms with E-state index < -0.39 is 48.2 Å². The van der Waals surface area contributed by atoms with Crippen molar-refractivity contribution >= 4 is 5.91 Å². The number of hydrogen-bond donors (Lipinski definition) is 1. The largest absolute Gasteiger partial charge is 0.573 e.